The normalized spacial score (nSPS) is 14.4. The maximum absolute atomic E-state index is 12.1. The van der Waals surface area contributed by atoms with Crippen molar-refractivity contribution in [2.24, 2.45) is 0 Å². The Morgan fingerprint density at radius 3 is 2.64 bits per heavy atom. The minimum absolute atomic E-state index is 0.00102. The monoisotopic (exact) mass is 426 g/mol. The van der Waals surface area contributed by atoms with Crippen LogP contribution in [0.3, 0.4) is 0 Å². The molecule has 3 rings (SSSR count). The predicted molar refractivity (Wildman–Crippen MR) is 110 cm³/mol. The van der Waals surface area contributed by atoms with Crippen molar-refractivity contribution < 1.29 is 19.0 Å². The second kappa shape index (κ2) is 9.63. The molecule has 0 N–H and O–H groups in total. The predicted octanol–water partition coefficient (Wildman–Crippen LogP) is 4.59. The van der Waals surface area contributed by atoms with Gasteiger partial charge in [-0.1, -0.05) is 23.2 Å². The standard InChI is InChI=1S/C20H24Cl2N2O4/c1-3-27-20(25)17-18(21)13-11-15(26-2)16(12-14(13)23-19(17)22)28-10-6-9-24-7-4-5-8-24/h11-12H,3-10H2,1-2H3. The molecule has 152 valence electrons. The first-order chi connectivity index (χ1) is 13.5. The third-order valence-electron chi connectivity index (χ3n) is 4.72. The lowest BCUT2D eigenvalue weighted by Crippen LogP contribution is -2.21. The highest BCUT2D eigenvalue weighted by atomic mass is 35.5. The smallest absolute Gasteiger partial charge is 0.342 e. The van der Waals surface area contributed by atoms with E-state index in [1.165, 1.54) is 25.9 Å². The second-order valence-electron chi connectivity index (χ2n) is 6.58. The fraction of sp³-hybridized carbons (Fsp3) is 0.500. The van der Waals surface area contributed by atoms with E-state index in [9.17, 15) is 4.79 Å². The van der Waals surface area contributed by atoms with Crippen molar-refractivity contribution in [2.45, 2.75) is 26.2 Å². The Labute approximate surface area is 174 Å². The molecule has 1 aromatic carbocycles. The first-order valence-electron chi connectivity index (χ1n) is 9.44. The molecule has 1 aliphatic rings. The van der Waals surface area contributed by atoms with E-state index in [0.29, 0.717) is 29.0 Å². The minimum Gasteiger partial charge on any atom is -0.493 e. The molecule has 28 heavy (non-hydrogen) atoms. The molecule has 0 spiro atoms. The number of rotatable bonds is 8. The number of pyridine rings is 1. The van der Waals surface area contributed by atoms with Crippen LogP contribution in [0.2, 0.25) is 10.2 Å². The van der Waals surface area contributed by atoms with Crippen LogP contribution in [0.15, 0.2) is 12.1 Å². The van der Waals surface area contributed by atoms with Gasteiger partial charge in [-0.15, -0.1) is 0 Å². The van der Waals surface area contributed by atoms with Crippen molar-refractivity contribution in [3.63, 3.8) is 0 Å². The summed E-state index contributed by atoms with van der Waals surface area (Å²) < 4.78 is 16.4. The van der Waals surface area contributed by atoms with Crippen molar-refractivity contribution in [2.75, 3.05) is 40.0 Å². The minimum atomic E-state index is -0.604. The fourth-order valence-electron chi connectivity index (χ4n) is 3.33. The zero-order valence-electron chi connectivity index (χ0n) is 16.1. The Bertz CT molecular complexity index is 854. The van der Waals surface area contributed by atoms with Crippen LogP contribution in [-0.2, 0) is 4.74 Å². The van der Waals surface area contributed by atoms with E-state index in [0.717, 1.165) is 13.0 Å². The molecular formula is C20H24Cl2N2O4. The van der Waals surface area contributed by atoms with E-state index in [4.69, 9.17) is 37.4 Å². The molecule has 0 unspecified atom stereocenters. The van der Waals surface area contributed by atoms with Crippen LogP contribution in [0.25, 0.3) is 10.9 Å². The Hall–Kier alpha value is -1.76. The summed E-state index contributed by atoms with van der Waals surface area (Å²) >= 11 is 12.6. The van der Waals surface area contributed by atoms with Gasteiger partial charge in [0, 0.05) is 18.0 Å². The number of carbonyl (C=O) groups is 1. The summed E-state index contributed by atoms with van der Waals surface area (Å²) in [6.45, 7) is 5.86. The summed E-state index contributed by atoms with van der Waals surface area (Å²) in [6.07, 6.45) is 3.48. The molecule has 1 saturated heterocycles. The van der Waals surface area contributed by atoms with Crippen LogP contribution in [0.4, 0.5) is 0 Å². The van der Waals surface area contributed by atoms with Crippen molar-refractivity contribution in [1.29, 1.82) is 0 Å². The molecule has 0 saturated carbocycles. The van der Waals surface area contributed by atoms with E-state index in [1.807, 2.05) is 0 Å². The largest absolute Gasteiger partial charge is 0.493 e. The lowest BCUT2D eigenvalue weighted by molar-refractivity contribution is 0.0526. The fourth-order valence-corrected chi connectivity index (χ4v) is 3.96. The molecule has 1 aromatic heterocycles. The van der Waals surface area contributed by atoms with Gasteiger partial charge < -0.3 is 19.1 Å². The third-order valence-corrected chi connectivity index (χ3v) is 5.38. The number of nitrogens with zero attached hydrogens (tertiary/aromatic N) is 2. The quantitative estimate of drug-likeness (QED) is 0.349. The Morgan fingerprint density at radius 1 is 1.21 bits per heavy atom. The SMILES string of the molecule is CCOC(=O)c1c(Cl)nc2cc(OCCCN3CCCC3)c(OC)cc2c1Cl. The number of halogens is 2. The van der Waals surface area contributed by atoms with Crippen LogP contribution >= 0.6 is 23.2 Å². The Kier molecular flexibility index (Phi) is 7.21. The number of benzene rings is 1. The van der Waals surface area contributed by atoms with Gasteiger partial charge in [0.2, 0.25) is 0 Å². The van der Waals surface area contributed by atoms with Crippen LogP contribution in [0.5, 0.6) is 11.5 Å². The lowest BCUT2D eigenvalue weighted by atomic mass is 10.1. The average Bonchev–Trinajstić information content (AvgIpc) is 3.18. The van der Waals surface area contributed by atoms with Gasteiger partial charge in [-0.3, -0.25) is 0 Å². The van der Waals surface area contributed by atoms with Crippen LogP contribution < -0.4 is 9.47 Å². The molecule has 0 atom stereocenters. The van der Waals surface area contributed by atoms with E-state index in [-0.39, 0.29) is 22.3 Å². The first kappa shape index (κ1) is 21.0. The second-order valence-corrected chi connectivity index (χ2v) is 7.32. The number of likely N-dealkylation sites (tertiary alicyclic amines) is 1. The van der Waals surface area contributed by atoms with Gasteiger partial charge in [-0.2, -0.15) is 0 Å². The highest BCUT2D eigenvalue weighted by Gasteiger charge is 2.22. The first-order valence-corrected chi connectivity index (χ1v) is 10.2. The zero-order chi connectivity index (χ0) is 20.1. The molecular weight excluding hydrogens is 403 g/mol. The van der Waals surface area contributed by atoms with Crippen molar-refractivity contribution >= 4 is 40.1 Å². The van der Waals surface area contributed by atoms with Gasteiger partial charge in [0.05, 0.1) is 30.9 Å². The molecule has 0 radical (unpaired) electrons. The van der Waals surface area contributed by atoms with Gasteiger partial charge in [-0.25, -0.2) is 9.78 Å². The molecule has 2 heterocycles. The van der Waals surface area contributed by atoms with Crippen LogP contribution in [-0.4, -0.2) is 55.8 Å². The van der Waals surface area contributed by atoms with Gasteiger partial charge in [0.25, 0.3) is 0 Å². The average molecular weight is 427 g/mol. The van der Waals surface area contributed by atoms with Gasteiger partial charge in [0.15, 0.2) is 11.5 Å². The molecule has 0 amide bonds. The van der Waals surface area contributed by atoms with Crippen molar-refractivity contribution in [3.8, 4) is 11.5 Å². The number of aromatic nitrogens is 1. The molecule has 0 aliphatic carbocycles. The van der Waals surface area contributed by atoms with Crippen molar-refractivity contribution in [3.05, 3.63) is 27.9 Å². The van der Waals surface area contributed by atoms with Gasteiger partial charge in [-0.05, 0) is 45.3 Å². The zero-order valence-corrected chi connectivity index (χ0v) is 17.6. The van der Waals surface area contributed by atoms with E-state index >= 15 is 0 Å². The highest BCUT2D eigenvalue weighted by Crippen LogP contribution is 2.38. The number of methoxy groups -OCH3 is 1. The molecule has 0 bridgehead atoms. The molecule has 8 heteroatoms. The number of hydrogen-bond donors (Lipinski definition) is 0. The maximum Gasteiger partial charge on any atom is 0.342 e. The summed E-state index contributed by atoms with van der Waals surface area (Å²) in [5.41, 5.74) is 0.581. The van der Waals surface area contributed by atoms with Gasteiger partial charge in [0.1, 0.15) is 10.7 Å². The summed E-state index contributed by atoms with van der Waals surface area (Å²) in [4.78, 5) is 18.9. The van der Waals surface area contributed by atoms with Crippen LogP contribution in [0, 0.1) is 0 Å². The highest BCUT2D eigenvalue weighted by molar-refractivity contribution is 6.42. The number of esters is 1. The number of hydrogen-bond acceptors (Lipinski definition) is 6. The molecule has 1 fully saturated rings. The number of fused-ring (bicyclic) bond motifs is 1. The van der Waals surface area contributed by atoms with Crippen LogP contribution in [0.1, 0.15) is 36.5 Å². The summed E-state index contributed by atoms with van der Waals surface area (Å²) in [5, 5.41) is 0.740. The van der Waals surface area contributed by atoms with Gasteiger partial charge >= 0.3 is 5.97 Å². The summed E-state index contributed by atoms with van der Waals surface area (Å²) in [7, 11) is 1.56. The molecule has 1 aliphatic heterocycles. The molecule has 6 nitrogen and oxygen atoms in total. The topological polar surface area (TPSA) is 60.9 Å². The lowest BCUT2D eigenvalue weighted by Gasteiger charge is -2.16. The number of ether oxygens (including phenoxy) is 3. The van der Waals surface area contributed by atoms with E-state index in [2.05, 4.69) is 9.88 Å². The number of carbonyl (C=O) groups excluding carboxylic acids is 1. The van der Waals surface area contributed by atoms with E-state index < -0.39 is 5.97 Å². The third kappa shape index (κ3) is 4.62. The Morgan fingerprint density at radius 2 is 1.96 bits per heavy atom. The molecule has 2 aromatic rings. The Balaban J connectivity index is 1.82. The van der Waals surface area contributed by atoms with E-state index in [1.54, 1.807) is 26.2 Å². The van der Waals surface area contributed by atoms with Crippen molar-refractivity contribution in [1.82, 2.24) is 9.88 Å². The summed E-state index contributed by atoms with van der Waals surface area (Å²) in [6, 6.07) is 3.44. The maximum atomic E-state index is 12.1. The summed E-state index contributed by atoms with van der Waals surface area (Å²) in [5.74, 6) is 0.488.